The Bertz CT molecular complexity index is 1600. The maximum absolute atomic E-state index is 13.7. The minimum Gasteiger partial charge on any atom is -0.444 e. The average Bonchev–Trinajstić information content (AvgIpc) is 3.27. The first-order chi connectivity index (χ1) is 23.0. The van der Waals surface area contributed by atoms with Gasteiger partial charge in [0.25, 0.3) is 10.0 Å². The summed E-state index contributed by atoms with van der Waals surface area (Å²) in [5, 5.41) is 8.54. The first-order valence-electron chi connectivity index (χ1n) is 17.1. The van der Waals surface area contributed by atoms with E-state index in [2.05, 4.69) is 20.5 Å². The summed E-state index contributed by atoms with van der Waals surface area (Å²) in [4.78, 5) is 47.4. The predicted molar refractivity (Wildman–Crippen MR) is 188 cm³/mol. The molecule has 2 aromatic rings. The summed E-state index contributed by atoms with van der Waals surface area (Å²) in [6, 6.07) is 11.8. The minimum absolute atomic E-state index is 0.00178. The molecule has 14 heteroatoms. The summed E-state index contributed by atoms with van der Waals surface area (Å²) in [5.74, 6) is -0.0957. The fraction of sp³-hybridized carbons (Fsp3) is 0.600. The summed E-state index contributed by atoms with van der Waals surface area (Å²) in [6.45, 7) is 11.2. The van der Waals surface area contributed by atoms with Crippen LogP contribution >= 0.6 is 0 Å². The number of rotatable bonds is 6. The number of guanidine groups is 1. The third kappa shape index (κ3) is 12.2. The molecule has 0 radical (unpaired) electrons. The van der Waals surface area contributed by atoms with Crippen molar-refractivity contribution in [2.24, 2.45) is 10.9 Å². The number of hydrogen-bond acceptors (Lipinski definition) is 7. The smallest absolute Gasteiger partial charge is 0.437 e. The number of hydrazine groups is 1. The molecule has 1 saturated carbocycles. The molecule has 1 heterocycles. The minimum atomic E-state index is -4.10. The number of sulfonamides is 1. The zero-order chi connectivity index (χ0) is 35.8. The van der Waals surface area contributed by atoms with Crippen LogP contribution in [0.4, 0.5) is 14.4 Å². The Balaban J connectivity index is 1.50. The standard InChI is InChI=1S/C35H52N6O7S/c1-34(2,3)47-32(43)37-30(38-33(44)48-35(4,5)6)40-21-19-25(20-22-40)24-41(31(42)36-28-15-9-7-8-10-16-28)39-49(45,46)29-18-17-26-13-11-12-14-27(26)23-29/h11-14,17-18,23,25,28,39H,7-10,15-16,19-22,24H2,1-6H3,(H,36,42)(H,37,38,43,44). The van der Waals surface area contributed by atoms with Crippen molar-refractivity contribution in [3.8, 4) is 0 Å². The lowest BCUT2D eigenvalue weighted by molar-refractivity contribution is 0.0551. The first-order valence-corrected chi connectivity index (χ1v) is 18.6. The van der Waals surface area contributed by atoms with Crippen molar-refractivity contribution < 1.29 is 32.3 Å². The van der Waals surface area contributed by atoms with Gasteiger partial charge in [0.2, 0.25) is 5.96 Å². The molecule has 4 amide bonds. The number of nitrogens with one attached hydrogen (secondary N) is 3. The van der Waals surface area contributed by atoms with E-state index in [0.29, 0.717) is 25.9 Å². The molecule has 0 aromatic heterocycles. The van der Waals surface area contributed by atoms with Crippen LogP contribution in [0.15, 0.2) is 52.4 Å². The van der Waals surface area contributed by atoms with E-state index in [1.807, 2.05) is 24.3 Å². The van der Waals surface area contributed by atoms with Gasteiger partial charge in [-0.3, -0.25) is 5.32 Å². The summed E-state index contributed by atoms with van der Waals surface area (Å²) in [7, 11) is -4.10. The Kier molecular flexibility index (Phi) is 12.5. The molecule has 4 rings (SSSR count). The van der Waals surface area contributed by atoms with Crippen LogP contribution in [0.1, 0.15) is 92.9 Å². The molecule has 0 spiro atoms. The predicted octanol–water partition coefficient (Wildman–Crippen LogP) is 6.30. The number of amides is 4. The van der Waals surface area contributed by atoms with E-state index in [9.17, 15) is 22.8 Å². The van der Waals surface area contributed by atoms with E-state index >= 15 is 0 Å². The Hall–Kier alpha value is -3.91. The van der Waals surface area contributed by atoms with E-state index in [1.54, 1.807) is 58.6 Å². The Morgan fingerprint density at radius 3 is 2.08 bits per heavy atom. The Labute approximate surface area is 290 Å². The lowest BCUT2D eigenvalue weighted by Gasteiger charge is -2.36. The van der Waals surface area contributed by atoms with Gasteiger partial charge >= 0.3 is 18.2 Å². The number of piperidine rings is 1. The highest BCUT2D eigenvalue weighted by atomic mass is 32.2. The Morgan fingerprint density at radius 1 is 0.857 bits per heavy atom. The van der Waals surface area contributed by atoms with Gasteiger partial charge in [0.05, 0.1) is 4.90 Å². The molecule has 2 fully saturated rings. The van der Waals surface area contributed by atoms with Crippen molar-refractivity contribution in [1.29, 1.82) is 0 Å². The van der Waals surface area contributed by atoms with Gasteiger partial charge in [-0.1, -0.05) is 56.0 Å². The van der Waals surface area contributed by atoms with Crippen molar-refractivity contribution in [1.82, 2.24) is 25.4 Å². The number of aliphatic imine (C=N–C) groups is 1. The van der Waals surface area contributed by atoms with E-state index in [0.717, 1.165) is 49.3 Å². The molecule has 2 aliphatic rings. The summed E-state index contributed by atoms with van der Waals surface area (Å²) < 4.78 is 38.1. The second-order valence-electron chi connectivity index (χ2n) is 14.8. The molecule has 49 heavy (non-hydrogen) atoms. The number of urea groups is 1. The quantitative estimate of drug-likeness (QED) is 0.137. The highest BCUT2D eigenvalue weighted by Crippen LogP contribution is 2.23. The zero-order valence-electron chi connectivity index (χ0n) is 29.6. The van der Waals surface area contributed by atoms with Crippen LogP contribution in [0.3, 0.4) is 0 Å². The second-order valence-corrected chi connectivity index (χ2v) is 16.5. The molecule has 0 unspecified atom stereocenters. The maximum atomic E-state index is 13.7. The van der Waals surface area contributed by atoms with Crippen molar-refractivity contribution in [3.63, 3.8) is 0 Å². The molecular formula is C35H52N6O7S. The number of fused-ring (bicyclic) bond motifs is 1. The number of likely N-dealkylation sites (tertiary alicyclic amines) is 1. The number of alkyl carbamates (subject to hydrolysis) is 1. The van der Waals surface area contributed by atoms with E-state index < -0.39 is 39.4 Å². The molecule has 2 aromatic carbocycles. The highest BCUT2D eigenvalue weighted by Gasteiger charge is 2.31. The van der Waals surface area contributed by atoms with Crippen molar-refractivity contribution in [3.05, 3.63) is 42.5 Å². The van der Waals surface area contributed by atoms with Gasteiger partial charge < -0.3 is 19.7 Å². The van der Waals surface area contributed by atoms with Crippen molar-refractivity contribution in [2.45, 2.75) is 115 Å². The number of carbonyl (C=O) groups excluding carboxylic acids is 3. The fourth-order valence-corrected chi connectivity index (χ4v) is 6.98. The molecule has 3 N–H and O–H groups in total. The second kappa shape index (κ2) is 16.2. The van der Waals surface area contributed by atoms with E-state index in [4.69, 9.17) is 9.47 Å². The first kappa shape index (κ1) is 37.9. The lowest BCUT2D eigenvalue weighted by Crippen LogP contribution is -2.55. The van der Waals surface area contributed by atoms with E-state index in [1.165, 1.54) is 11.1 Å². The van der Waals surface area contributed by atoms with Crippen LogP contribution in [-0.4, -0.2) is 79.4 Å². The molecular weight excluding hydrogens is 648 g/mol. The van der Waals surface area contributed by atoms with Crippen LogP contribution < -0.4 is 15.5 Å². The van der Waals surface area contributed by atoms with Crippen LogP contribution in [0, 0.1) is 5.92 Å². The SMILES string of the molecule is CC(C)(C)OC(=O)/N=C(/NC(=O)OC(C)(C)C)N1CCC(CN(NS(=O)(=O)c2ccc3ccccc3c2)C(=O)NC2CCCCCC2)CC1. The highest BCUT2D eigenvalue weighted by molar-refractivity contribution is 7.89. The van der Waals surface area contributed by atoms with Crippen molar-refractivity contribution in [2.75, 3.05) is 19.6 Å². The maximum Gasteiger partial charge on any atom is 0.437 e. The van der Waals surface area contributed by atoms with Crippen LogP contribution in [-0.2, 0) is 19.5 Å². The van der Waals surface area contributed by atoms with Gasteiger partial charge in [-0.15, -0.1) is 9.82 Å². The van der Waals surface area contributed by atoms with Crippen molar-refractivity contribution >= 4 is 45.0 Å². The Morgan fingerprint density at radius 2 is 1.47 bits per heavy atom. The van der Waals surface area contributed by atoms with Crippen LogP contribution in [0.25, 0.3) is 10.8 Å². The largest absolute Gasteiger partial charge is 0.444 e. The molecule has 270 valence electrons. The average molecular weight is 701 g/mol. The molecule has 13 nitrogen and oxygen atoms in total. The third-order valence-corrected chi connectivity index (χ3v) is 9.58. The summed E-state index contributed by atoms with van der Waals surface area (Å²) in [5.41, 5.74) is -1.55. The van der Waals surface area contributed by atoms with Gasteiger partial charge in [-0.25, -0.2) is 27.8 Å². The van der Waals surface area contributed by atoms with Gasteiger partial charge in [-0.2, -0.15) is 0 Å². The molecule has 1 aliphatic carbocycles. The topological polar surface area (TPSA) is 159 Å². The summed E-state index contributed by atoms with van der Waals surface area (Å²) in [6.07, 6.45) is 5.37. The number of nitrogens with zero attached hydrogens (tertiary/aromatic N) is 3. The zero-order valence-corrected chi connectivity index (χ0v) is 30.4. The number of ether oxygens (including phenoxy) is 2. The number of hydrogen-bond donors (Lipinski definition) is 3. The van der Waals surface area contributed by atoms with Crippen LogP contribution in [0.2, 0.25) is 0 Å². The van der Waals surface area contributed by atoms with Gasteiger partial charge in [0.15, 0.2) is 0 Å². The van der Waals surface area contributed by atoms with Gasteiger partial charge in [-0.05, 0) is 96.0 Å². The molecule has 0 bridgehead atoms. The van der Waals surface area contributed by atoms with E-state index in [-0.39, 0.29) is 29.4 Å². The normalized spacial score (nSPS) is 17.3. The number of carbonyl (C=O) groups is 3. The van der Waals surface area contributed by atoms with Gasteiger partial charge in [0, 0.05) is 25.7 Å². The summed E-state index contributed by atoms with van der Waals surface area (Å²) >= 11 is 0. The van der Waals surface area contributed by atoms with Gasteiger partial charge in [0.1, 0.15) is 11.2 Å². The molecule has 1 aliphatic heterocycles. The third-order valence-electron chi connectivity index (χ3n) is 8.25. The van der Waals surface area contributed by atoms with Crippen LogP contribution in [0.5, 0.6) is 0 Å². The fourth-order valence-electron chi connectivity index (χ4n) is 5.90. The lowest BCUT2D eigenvalue weighted by atomic mass is 9.97. The molecule has 1 saturated heterocycles. The monoisotopic (exact) mass is 700 g/mol. The molecule has 0 atom stereocenters. The number of benzene rings is 2.